The Labute approximate surface area is 126 Å². The molecule has 114 valence electrons. The summed E-state index contributed by atoms with van der Waals surface area (Å²) in [4.78, 5) is 25.5. The first-order valence-corrected chi connectivity index (χ1v) is 7.83. The van der Waals surface area contributed by atoms with Crippen LogP contribution in [0.3, 0.4) is 0 Å². The van der Waals surface area contributed by atoms with Crippen molar-refractivity contribution in [2.45, 2.75) is 57.4 Å². The van der Waals surface area contributed by atoms with E-state index in [1.807, 2.05) is 17.0 Å². The maximum absolute atomic E-state index is 12.2. The molecule has 1 heterocycles. The van der Waals surface area contributed by atoms with Gasteiger partial charge < -0.3 is 10.2 Å². The lowest BCUT2D eigenvalue weighted by Crippen LogP contribution is -2.46. The molecule has 1 saturated heterocycles. The molecule has 2 fully saturated rings. The molecule has 0 radical (unpaired) electrons. The minimum Gasteiger partial charge on any atom is -0.352 e. The van der Waals surface area contributed by atoms with Crippen LogP contribution in [-0.4, -0.2) is 35.8 Å². The third kappa shape index (κ3) is 4.89. The van der Waals surface area contributed by atoms with E-state index in [4.69, 9.17) is 5.26 Å². The minimum absolute atomic E-state index is 0.0920. The third-order valence-corrected chi connectivity index (χ3v) is 4.23. The largest absolute Gasteiger partial charge is 0.352 e. The molecule has 0 aromatic carbocycles. The summed E-state index contributed by atoms with van der Waals surface area (Å²) in [6, 6.07) is 1.94. The fourth-order valence-corrected chi connectivity index (χ4v) is 3.01. The van der Waals surface area contributed by atoms with E-state index in [9.17, 15) is 9.59 Å². The summed E-state index contributed by atoms with van der Waals surface area (Å²) in [7, 11) is 0. The van der Waals surface area contributed by atoms with Crippen LogP contribution >= 0.6 is 0 Å². The lowest BCUT2D eigenvalue weighted by atomic mass is 9.94. The number of carbonyl (C=O) groups excluding carboxylic acids is 2. The Morgan fingerprint density at radius 3 is 2.52 bits per heavy atom. The fourth-order valence-electron chi connectivity index (χ4n) is 3.01. The van der Waals surface area contributed by atoms with E-state index in [2.05, 4.69) is 5.32 Å². The molecule has 5 nitrogen and oxygen atoms in total. The Morgan fingerprint density at radius 1 is 1.24 bits per heavy atom. The number of amides is 2. The van der Waals surface area contributed by atoms with E-state index in [1.165, 1.54) is 24.8 Å². The van der Waals surface area contributed by atoms with Gasteiger partial charge in [0.1, 0.15) is 6.42 Å². The van der Waals surface area contributed by atoms with Crippen LogP contribution in [-0.2, 0) is 9.59 Å². The number of nitrogens with zero attached hydrogens (tertiary/aromatic N) is 2. The van der Waals surface area contributed by atoms with Crippen molar-refractivity contribution in [3.05, 3.63) is 11.6 Å². The summed E-state index contributed by atoms with van der Waals surface area (Å²) in [6.45, 7) is 1.36. The highest BCUT2D eigenvalue weighted by atomic mass is 16.2. The van der Waals surface area contributed by atoms with Gasteiger partial charge in [0.2, 0.25) is 11.8 Å². The van der Waals surface area contributed by atoms with Crippen molar-refractivity contribution in [1.82, 2.24) is 10.2 Å². The average Bonchev–Trinajstić information content (AvgIpc) is 2.49. The van der Waals surface area contributed by atoms with Crippen LogP contribution in [0.1, 0.15) is 51.4 Å². The Morgan fingerprint density at radius 2 is 1.90 bits per heavy atom. The summed E-state index contributed by atoms with van der Waals surface area (Å²) >= 11 is 0. The van der Waals surface area contributed by atoms with Gasteiger partial charge in [0.15, 0.2) is 0 Å². The van der Waals surface area contributed by atoms with E-state index in [0.29, 0.717) is 13.1 Å². The first-order valence-electron chi connectivity index (χ1n) is 7.83. The quantitative estimate of drug-likeness (QED) is 0.806. The zero-order valence-electron chi connectivity index (χ0n) is 12.4. The number of hydrogen-bond acceptors (Lipinski definition) is 3. The molecule has 0 aromatic rings. The van der Waals surface area contributed by atoms with Gasteiger partial charge >= 0.3 is 0 Å². The van der Waals surface area contributed by atoms with Crippen molar-refractivity contribution in [3.63, 3.8) is 0 Å². The fraction of sp³-hybridized carbons (Fsp3) is 0.688. The molecule has 5 heteroatoms. The third-order valence-electron chi connectivity index (χ3n) is 4.23. The number of carbonyl (C=O) groups is 2. The minimum atomic E-state index is -0.216. The second-order valence-corrected chi connectivity index (χ2v) is 5.87. The predicted octanol–water partition coefficient (Wildman–Crippen LogP) is 1.90. The number of hydrogen-bond donors (Lipinski definition) is 1. The summed E-state index contributed by atoms with van der Waals surface area (Å²) in [5.41, 5.74) is 1.29. The van der Waals surface area contributed by atoms with Crippen molar-refractivity contribution >= 4 is 11.8 Å². The van der Waals surface area contributed by atoms with Crippen molar-refractivity contribution < 1.29 is 9.59 Å². The molecule has 1 saturated carbocycles. The Balaban J connectivity index is 1.76. The first-order chi connectivity index (χ1) is 10.2. The molecule has 0 spiro atoms. The van der Waals surface area contributed by atoms with Gasteiger partial charge in [-0.1, -0.05) is 12.0 Å². The van der Waals surface area contributed by atoms with Crippen LogP contribution < -0.4 is 5.32 Å². The number of nitriles is 1. The van der Waals surface area contributed by atoms with E-state index in [-0.39, 0.29) is 24.3 Å². The normalized spacial score (nSPS) is 19.8. The van der Waals surface area contributed by atoms with Gasteiger partial charge in [-0.15, -0.1) is 0 Å². The molecule has 1 N–H and O–H groups in total. The van der Waals surface area contributed by atoms with E-state index >= 15 is 0 Å². The molecule has 2 rings (SSSR count). The molecule has 0 aromatic heterocycles. The van der Waals surface area contributed by atoms with Gasteiger partial charge in [0.25, 0.3) is 0 Å². The van der Waals surface area contributed by atoms with Crippen molar-refractivity contribution in [3.8, 4) is 6.07 Å². The number of allylic oxidation sites excluding steroid dienone is 1. The molecule has 2 aliphatic rings. The number of piperidine rings is 1. The van der Waals surface area contributed by atoms with Gasteiger partial charge in [0, 0.05) is 25.2 Å². The SMILES string of the molecule is N#CCC(=O)NC1CCN(C(=O)C=C2CCCCC2)CC1. The zero-order chi connectivity index (χ0) is 15.1. The van der Waals surface area contributed by atoms with Crippen LogP contribution in [0.2, 0.25) is 0 Å². The maximum Gasteiger partial charge on any atom is 0.246 e. The number of rotatable bonds is 3. The molecular weight excluding hydrogens is 266 g/mol. The van der Waals surface area contributed by atoms with Crippen molar-refractivity contribution in [2.75, 3.05) is 13.1 Å². The molecule has 0 atom stereocenters. The Hall–Kier alpha value is -1.83. The van der Waals surface area contributed by atoms with Crippen LogP contribution in [0, 0.1) is 11.3 Å². The van der Waals surface area contributed by atoms with Crippen LogP contribution in [0.4, 0.5) is 0 Å². The van der Waals surface area contributed by atoms with Gasteiger partial charge in [-0.2, -0.15) is 5.26 Å². The van der Waals surface area contributed by atoms with Gasteiger partial charge in [-0.3, -0.25) is 9.59 Å². The summed E-state index contributed by atoms with van der Waals surface area (Å²) in [5, 5.41) is 11.3. The Bertz CT molecular complexity index is 449. The first kappa shape index (κ1) is 15.6. The molecule has 1 aliphatic carbocycles. The summed E-state index contributed by atoms with van der Waals surface area (Å²) in [5.74, 6) is -0.0969. The second-order valence-electron chi connectivity index (χ2n) is 5.87. The van der Waals surface area contributed by atoms with Gasteiger partial charge in [-0.05, 0) is 38.5 Å². The highest BCUT2D eigenvalue weighted by Crippen LogP contribution is 2.23. The van der Waals surface area contributed by atoms with Crippen LogP contribution in [0.5, 0.6) is 0 Å². The highest BCUT2D eigenvalue weighted by molar-refractivity contribution is 5.88. The number of likely N-dealkylation sites (tertiary alicyclic amines) is 1. The standard InChI is InChI=1S/C16H23N3O2/c17-9-6-15(20)18-14-7-10-19(11-8-14)16(21)12-13-4-2-1-3-5-13/h12,14H,1-8,10-11H2,(H,18,20). The lowest BCUT2D eigenvalue weighted by molar-refractivity contribution is -0.127. The maximum atomic E-state index is 12.2. The Kier molecular flexibility index (Phi) is 5.79. The van der Waals surface area contributed by atoms with E-state index in [0.717, 1.165) is 25.7 Å². The number of nitrogens with one attached hydrogen (secondary N) is 1. The summed E-state index contributed by atoms with van der Waals surface area (Å²) < 4.78 is 0. The molecule has 0 unspecified atom stereocenters. The van der Waals surface area contributed by atoms with E-state index < -0.39 is 0 Å². The predicted molar refractivity (Wildman–Crippen MR) is 79.1 cm³/mol. The van der Waals surface area contributed by atoms with Gasteiger partial charge in [0.05, 0.1) is 6.07 Å². The zero-order valence-corrected chi connectivity index (χ0v) is 12.4. The van der Waals surface area contributed by atoms with Gasteiger partial charge in [-0.25, -0.2) is 0 Å². The smallest absolute Gasteiger partial charge is 0.246 e. The van der Waals surface area contributed by atoms with Crippen LogP contribution in [0.15, 0.2) is 11.6 Å². The summed E-state index contributed by atoms with van der Waals surface area (Å²) in [6.07, 6.45) is 9.08. The van der Waals surface area contributed by atoms with E-state index in [1.54, 1.807) is 0 Å². The van der Waals surface area contributed by atoms with Crippen molar-refractivity contribution in [1.29, 1.82) is 5.26 Å². The topological polar surface area (TPSA) is 73.2 Å². The monoisotopic (exact) mass is 289 g/mol. The molecule has 2 amide bonds. The molecule has 0 bridgehead atoms. The second kappa shape index (κ2) is 7.82. The van der Waals surface area contributed by atoms with Crippen LogP contribution in [0.25, 0.3) is 0 Å². The molecular formula is C16H23N3O2. The molecule has 1 aliphatic heterocycles. The lowest BCUT2D eigenvalue weighted by Gasteiger charge is -2.32. The van der Waals surface area contributed by atoms with Crippen molar-refractivity contribution in [2.24, 2.45) is 0 Å². The average molecular weight is 289 g/mol. The highest BCUT2D eigenvalue weighted by Gasteiger charge is 2.23. The molecule has 21 heavy (non-hydrogen) atoms.